The van der Waals surface area contributed by atoms with Gasteiger partial charge in [0.1, 0.15) is 5.38 Å². The molecule has 0 heterocycles. The average Bonchev–Trinajstić information content (AvgIpc) is 2.60. The van der Waals surface area contributed by atoms with Crippen molar-refractivity contribution in [1.29, 1.82) is 0 Å². The predicted octanol–water partition coefficient (Wildman–Crippen LogP) is 4.27. The highest BCUT2D eigenvalue weighted by Gasteiger charge is 2.28. The van der Waals surface area contributed by atoms with Crippen LogP contribution < -0.4 is 0 Å². The minimum Gasteiger partial charge on any atom is -0.292 e. The summed E-state index contributed by atoms with van der Waals surface area (Å²) in [5, 5.41) is 19.3. The number of nitro groups is 2. The molecule has 0 aliphatic rings. The zero-order valence-corrected chi connectivity index (χ0v) is 13.5. The standard InChI is InChI=1S/C15H10Cl2N2O5/c16-13(9-4-6-11(7-5-9)18(21)22)14(17)15(20)10-2-1-3-12(8-10)19(23)24/h1-8,13-14H. The summed E-state index contributed by atoms with van der Waals surface area (Å²) in [6.45, 7) is 0. The van der Waals surface area contributed by atoms with Gasteiger partial charge in [-0.3, -0.25) is 25.0 Å². The minimum atomic E-state index is -1.19. The second-order valence-electron chi connectivity index (χ2n) is 4.82. The molecular formula is C15H10Cl2N2O5. The molecule has 0 amide bonds. The van der Waals surface area contributed by atoms with E-state index in [1.54, 1.807) is 0 Å². The van der Waals surface area contributed by atoms with Crippen molar-refractivity contribution in [2.45, 2.75) is 10.8 Å². The summed E-state index contributed by atoms with van der Waals surface area (Å²) in [7, 11) is 0. The van der Waals surface area contributed by atoms with Crippen molar-refractivity contribution < 1.29 is 14.6 Å². The maximum Gasteiger partial charge on any atom is 0.270 e. The molecule has 0 spiro atoms. The van der Waals surface area contributed by atoms with Crippen molar-refractivity contribution in [2.24, 2.45) is 0 Å². The maximum atomic E-state index is 12.4. The van der Waals surface area contributed by atoms with E-state index >= 15 is 0 Å². The highest BCUT2D eigenvalue weighted by atomic mass is 35.5. The van der Waals surface area contributed by atoms with Crippen LogP contribution in [0.25, 0.3) is 0 Å². The molecular weight excluding hydrogens is 359 g/mol. The first kappa shape index (κ1) is 17.8. The number of non-ortho nitro benzene ring substituents is 2. The predicted molar refractivity (Wildman–Crippen MR) is 88.8 cm³/mol. The zero-order chi connectivity index (χ0) is 17.9. The Balaban J connectivity index is 2.21. The fourth-order valence-corrected chi connectivity index (χ4v) is 2.55. The summed E-state index contributed by atoms with van der Waals surface area (Å²) in [4.78, 5) is 32.6. The Hall–Kier alpha value is -2.51. The summed E-state index contributed by atoms with van der Waals surface area (Å²) >= 11 is 12.3. The first-order chi connectivity index (χ1) is 11.3. The first-order valence-electron chi connectivity index (χ1n) is 6.62. The number of hydrogen-bond acceptors (Lipinski definition) is 5. The molecule has 0 aromatic heterocycles. The molecule has 2 atom stereocenters. The SMILES string of the molecule is O=C(c1cccc([N+](=O)[O-])c1)C(Cl)C(Cl)c1ccc([N+](=O)[O-])cc1. The van der Waals surface area contributed by atoms with Crippen LogP contribution in [0, 0.1) is 20.2 Å². The fourth-order valence-electron chi connectivity index (χ4n) is 2.01. The van der Waals surface area contributed by atoms with Gasteiger partial charge in [-0.2, -0.15) is 0 Å². The number of nitrogens with zero attached hydrogens (tertiary/aromatic N) is 2. The largest absolute Gasteiger partial charge is 0.292 e. The van der Waals surface area contributed by atoms with E-state index in [4.69, 9.17) is 23.2 Å². The minimum absolute atomic E-state index is 0.0664. The Morgan fingerprint density at radius 3 is 2.04 bits per heavy atom. The van der Waals surface area contributed by atoms with Crippen molar-refractivity contribution in [1.82, 2.24) is 0 Å². The van der Waals surface area contributed by atoms with E-state index in [1.807, 2.05) is 0 Å². The number of ketones is 1. The molecule has 7 nitrogen and oxygen atoms in total. The molecule has 0 aliphatic carbocycles. The smallest absolute Gasteiger partial charge is 0.270 e. The summed E-state index contributed by atoms with van der Waals surface area (Å²) in [5.41, 5.74) is 0.155. The molecule has 0 aliphatic heterocycles. The molecule has 2 rings (SSSR count). The Morgan fingerprint density at radius 2 is 1.50 bits per heavy atom. The summed E-state index contributed by atoms with van der Waals surface area (Å²) < 4.78 is 0. The van der Waals surface area contributed by atoms with E-state index in [-0.39, 0.29) is 16.9 Å². The molecule has 0 saturated carbocycles. The molecule has 124 valence electrons. The molecule has 2 unspecified atom stereocenters. The van der Waals surface area contributed by atoms with E-state index in [1.165, 1.54) is 42.5 Å². The van der Waals surface area contributed by atoms with Gasteiger partial charge in [-0.25, -0.2) is 0 Å². The third-order valence-electron chi connectivity index (χ3n) is 3.27. The van der Waals surface area contributed by atoms with E-state index in [9.17, 15) is 25.0 Å². The number of rotatable bonds is 6. The fraction of sp³-hybridized carbons (Fsp3) is 0.133. The van der Waals surface area contributed by atoms with Crippen LogP contribution in [0.4, 0.5) is 11.4 Å². The van der Waals surface area contributed by atoms with Crippen molar-refractivity contribution in [3.8, 4) is 0 Å². The van der Waals surface area contributed by atoms with E-state index in [0.29, 0.717) is 5.56 Å². The van der Waals surface area contributed by atoms with Crippen LogP contribution in [-0.2, 0) is 0 Å². The number of halogens is 2. The molecule has 2 aromatic rings. The Labute approximate surface area is 146 Å². The molecule has 2 aromatic carbocycles. The van der Waals surface area contributed by atoms with Crippen molar-refractivity contribution in [3.05, 3.63) is 79.9 Å². The number of carbonyl (C=O) groups is 1. The van der Waals surface area contributed by atoms with Crippen molar-refractivity contribution in [3.63, 3.8) is 0 Å². The number of benzene rings is 2. The molecule has 0 N–H and O–H groups in total. The summed E-state index contributed by atoms with van der Waals surface area (Å²) in [6.07, 6.45) is 0. The van der Waals surface area contributed by atoms with E-state index in [0.717, 1.165) is 6.07 Å². The quantitative estimate of drug-likeness (QED) is 0.327. The lowest BCUT2D eigenvalue weighted by Gasteiger charge is -2.15. The van der Waals surface area contributed by atoms with Crippen LogP contribution >= 0.6 is 23.2 Å². The number of hydrogen-bond donors (Lipinski definition) is 0. The van der Waals surface area contributed by atoms with Gasteiger partial charge in [0.2, 0.25) is 0 Å². The van der Waals surface area contributed by atoms with Crippen LogP contribution in [0.3, 0.4) is 0 Å². The Bertz CT molecular complexity index is 795. The number of carbonyl (C=O) groups excluding carboxylic acids is 1. The molecule has 0 radical (unpaired) electrons. The van der Waals surface area contributed by atoms with Gasteiger partial charge in [0, 0.05) is 29.8 Å². The lowest BCUT2D eigenvalue weighted by Crippen LogP contribution is -2.20. The third-order valence-corrected chi connectivity index (χ3v) is 4.35. The molecule has 9 heteroatoms. The van der Waals surface area contributed by atoms with E-state index < -0.39 is 26.4 Å². The van der Waals surface area contributed by atoms with Gasteiger partial charge in [0.05, 0.1) is 15.2 Å². The summed E-state index contributed by atoms with van der Waals surface area (Å²) in [5.74, 6) is -0.571. The lowest BCUT2D eigenvalue weighted by molar-refractivity contribution is -0.385. The van der Waals surface area contributed by atoms with Crippen LogP contribution in [0.5, 0.6) is 0 Å². The normalized spacial score (nSPS) is 13.1. The van der Waals surface area contributed by atoms with Crippen LogP contribution in [0.15, 0.2) is 48.5 Å². The topological polar surface area (TPSA) is 103 Å². The number of nitro benzene ring substituents is 2. The average molecular weight is 369 g/mol. The third kappa shape index (κ3) is 3.87. The second kappa shape index (κ2) is 7.37. The van der Waals surface area contributed by atoms with Gasteiger partial charge in [-0.05, 0) is 5.56 Å². The monoisotopic (exact) mass is 368 g/mol. The van der Waals surface area contributed by atoms with Gasteiger partial charge in [0.25, 0.3) is 11.4 Å². The molecule has 0 fully saturated rings. The Kier molecular flexibility index (Phi) is 5.48. The molecule has 24 heavy (non-hydrogen) atoms. The Morgan fingerprint density at radius 1 is 0.917 bits per heavy atom. The molecule has 0 saturated heterocycles. The highest BCUT2D eigenvalue weighted by molar-refractivity contribution is 6.39. The second-order valence-corrected chi connectivity index (χ2v) is 5.76. The zero-order valence-electron chi connectivity index (χ0n) is 12.0. The van der Waals surface area contributed by atoms with Gasteiger partial charge in [-0.1, -0.05) is 24.3 Å². The van der Waals surface area contributed by atoms with Gasteiger partial charge in [-0.15, -0.1) is 23.2 Å². The molecule has 0 bridgehead atoms. The van der Waals surface area contributed by atoms with Gasteiger partial charge >= 0.3 is 0 Å². The van der Waals surface area contributed by atoms with Crippen LogP contribution in [-0.4, -0.2) is 21.0 Å². The highest BCUT2D eigenvalue weighted by Crippen LogP contribution is 2.31. The summed E-state index contributed by atoms with van der Waals surface area (Å²) in [6, 6.07) is 10.5. The maximum absolute atomic E-state index is 12.4. The van der Waals surface area contributed by atoms with Crippen molar-refractivity contribution >= 4 is 40.4 Å². The van der Waals surface area contributed by atoms with Crippen LogP contribution in [0.1, 0.15) is 21.3 Å². The van der Waals surface area contributed by atoms with Crippen molar-refractivity contribution in [2.75, 3.05) is 0 Å². The van der Waals surface area contributed by atoms with Gasteiger partial charge < -0.3 is 0 Å². The number of Topliss-reactive ketones (excluding diaryl/α,β-unsaturated/α-hetero) is 1. The lowest BCUT2D eigenvalue weighted by atomic mass is 10.0. The van der Waals surface area contributed by atoms with Gasteiger partial charge in [0.15, 0.2) is 5.78 Å². The van der Waals surface area contributed by atoms with Crippen LogP contribution in [0.2, 0.25) is 0 Å². The number of alkyl halides is 2. The van der Waals surface area contributed by atoms with E-state index in [2.05, 4.69) is 0 Å². The first-order valence-corrected chi connectivity index (χ1v) is 7.49.